The summed E-state index contributed by atoms with van der Waals surface area (Å²) < 4.78 is 0. The minimum absolute atomic E-state index is 0.944. The van der Waals surface area contributed by atoms with Crippen molar-refractivity contribution in [2.75, 3.05) is 0 Å². The molecular formula is C15H26. The zero-order valence-corrected chi connectivity index (χ0v) is 10.7. The first-order valence-electron chi connectivity index (χ1n) is 6.49. The van der Waals surface area contributed by atoms with Crippen molar-refractivity contribution < 1.29 is 0 Å². The summed E-state index contributed by atoms with van der Waals surface area (Å²) in [5.74, 6) is 0.944. The van der Waals surface area contributed by atoms with Crippen LogP contribution in [0.2, 0.25) is 0 Å². The molecule has 2 aliphatic carbocycles. The maximum atomic E-state index is 2.36. The summed E-state index contributed by atoms with van der Waals surface area (Å²) in [5.41, 5.74) is 3.18. The van der Waals surface area contributed by atoms with Gasteiger partial charge in [0.25, 0.3) is 0 Å². The van der Waals surface area contributed by atoms with Crippen LogP contribution in [-0.2, 0) is 0 Å². The van der Waals surface area contributed by atoms with Crippen LogP contribution in [0.15, 0.2) is 23.3 Å². The Labute approximate surface area is 95.5 Å². The summed E-state index contributed by atoms with van der Waals surface area (Å²) in [6, 6.07) is 0. The molecule has 0 fully saturated rings. The van der Waals surface area contributed by atoms with Crippen molar-refractivity contribution in [3.63, 3.8) is 0 Å². The SMILES string of the molecule is CC1=CCCCC1.CC1=CCC[C@H](C)C1. The fourth-order valence-electron chi connectivity index (χ4n) is 2.35. The van der Waals surface area contributed by atoms with Gasteiger partial charge in [-0.05, 0) is 64.7 Å². The molecular weight excluding hydrogens is 180 g/mol. The standard InChI is InChI=1S/C8H14.C7H12/c1-7-4-3-5-8(2)6-7;1-7-5-3-2-4-6-7/h4,8H,3,5-6H2,1-2H3;5H,2-4,6H2,1H3/t8-;/m0./s1. The first-order valence-corrected chi connectivity index (χ1v) is 6.49. The summed E-state index contributed by atoms with van der Waals surface area (Å²) in [7, 11) is 0. The lowest BCUT2D eigenvalue weighted by atomic mass is 9.91. The Kier molecular flexibility index (Phi) is 5.75. The van der Waals surface area contributed by atoms with Gasteiger partial charge in [0.1, 0.15) is 0 Å². The molecule has 0 aromatic rings. The van der Waals surface area contributed by atoms with Crippen LogP contribution >= 0.6 is 0 Å². The zero-order chi connectivity index (χ0) is 11.1. The lowest BCUT2D eigenvalue weighted by Crippen LogP contribution is -1.99. The molecule has 0 heteroatoms. The smallest absolute Gasteiger partial charge is 0.0297 e. The van der Waals surface area contributed by atoms with Gasteiger partial charge in [-0.15, -0.1) is 0 Å². The molecule has 0 unspecified atom stereocenters. The molecule has 0 saturated heterocycles. The van der Waals surface area contributed by atoms with E-state index in [1.807, 2.05) is 0 Å². The summed E-state index contributed by atoms with van der Waals surface area (Å²) in [6.45, 7) is 6.78. The Morgan fingerprint density at radius 1 is 1.00 bits per heavy atom. The number of allylic oxidation sites excluding steroid dienone is 4. The first-order chi connectivity index (χ1) is 7.18. The molecule has 1 atom stereocenters. The van der Waals surface area contributed by atoms with Crippen molar-refractivity contribution in [2.45, 2.75) is 65.7 Å². The van der Waals surface area contributed by atoms with Crippen LogP contribution in [-0.4, -0.2) is 0 Å². The van der Waals surface area contributed by atoms with Gasteiger partial charge in [0.2, 0.25) is 0 Å². The normalized spacial score (nSPS) is 25.9. The molecule has 0 amide bonds. The van der Waals surface area contributed by atoms with Gasteiger partial charge in [-0.25, -0.2) is 0 Å². The minimum atomic E-state index is 0.944. The molecule has 86 valence electrons. The van der Waals surface area contributed by atoms with E-state index in [1.54, 1.807) is 11.1 Å². The van der Waals surface area contributed by atoms with E-state index in [-0.39, 0.29) is 0 Å². The lowest BCUT2D eigenvalue weighted by molar-refractivity contribution is 0.510. The molecule has 0 heterocycles. The average Bonchev–Trinajstić information content (AvgIpc) is 2.19. The average molecular weight is 206 g/mol. The highest BCUT2D eigenvalue weighted by Crippen LogP contribution is 2.22. The van der Waals surface area contributed by atoms with E-state index in [2.05, 4.69) is 32.9 Å². The second-order valence-electron chi connectivity index (χ2n) is 5.23. The van der Waals surface area contributed by atoms with Crippen LogP contribution in [0.25, 0.3) is 0 Å². The zero-order valence-electron chi connectivity index (χ0n) is 10.7. The largest absolute Gasteiger partial charge is 0.0856 e. The van der Waals surface area contributed by atoms with Crippen LogP contribution in [0.1, 0.15) is 65.7 Å². The van der Waals surface area contributed by atoms with E-state index in [0.29, 0.717) is 0 Å². The lowest BCUT2D eigenvalue weighted by Gasteiger charge is -2.15. The van der Waals surface area contributed by atoms with Crippen LogP contribution in [0.4, 0.5) is 0 Å². The van der Waals surface area contributed by atoms with E-state index in [4.69, 9.17) is 0 Å². The highest BCUT2D eigenvalue weighted by molar-refractivity contribution is 5.02. The second-order valence-corrected chi connectivity index (χ2v) is 5.23. The van der Waals surface area contributed by atoms with Crippen LogP contribution in [0, 0.1) is 5.92 Å². The number of rotatable bonds is 0. The minimum Gasteiger partial charge on any atom is -0.0856 e. The molecule has 0 nitrogen and oxygen atoms in total. The Morgan fingerprint density at radius 2 is 1.73 bits per heavy atom. The van der Waals surface area contributed by atoms with Gasteiger partial charge in [-0.3, -0.25) is 0 Å². The summed E-state index contributed by atoms with van der Waals surface area (Å²) >= 11 is 0. The van der Waals surface area contributed by atoms with Gasteiger partial charge in [-0.1, -0.05) is 30.2 Å². The van der Waals surface area contributed by atoms with Crippen LogP contribution < -0.4 is 0 Å². The van der Waals surface area contributed by atoms with E-state index < -0.39 is 0 Å². The van der Waals surface area contributed by atoms with Gasteiger partial charge >= 0.3 is 0 Å². The molecule has 0 N–H and O–H groups in total. The van der Waals surface area contributed by atoms with Crippen molar-refractivity contribution in [2.24, 2.45) is 5.92 Å². The Balaban J connectivity index is 0.000000151. The Hall–Kier alpha value is -0.520. The van der Waals surface area contributed by atoms with Gasteiger partial charge in [0.05, 0.1) is 0 Å². The predicted molar refractivity (Wildman–Crippen MR) is 69.0 cm³/mol. The molecule has 0 saturated carbocycles. The quantitative estimate of drug-likeness (QED) is 0.474. The maximum Gasteiger partial charge on any atom is -0.0297 e. The van der Waals surface area contributed by atoms with Crippen molar-refractivity contribution in [3.05, 3.63) is 23.3 Å². The Bertz CT molecular complexity index is 232. The monoisotopic (exact) mass is 206 g/mol. The third-order valence-corrected chi connectivity index (χ3v) is 3.34. The summed E-state index contributed by atoms with van der Waals surface area (Å²) in [5, 5.41) is 0. The van der Waals surface area contributed by atoms with Crippen LogP contribution in [0.5, 0.6) is 0 Å². The fourth-order valence-corrected chi connectivity index (χ4v) is 2.35. The molecule has 2 aliphatic rings. The first kappa shape index (κ1) is 12.5. The number of hydrogen-bond donors (Lipinski definition) is 0. The van der Waals surface area contributed by atoms with Gasteiger partial charge in [-0.2, -0.15) is 0 Å². The number of hydrogen-bond acceptors (Lipinski definition) is 0. The molecule has 0 bridgehead atoms. The van der Waals surface area contributed by atoms with Gasteiger partial charge in [0, 0.05) is 0 Å². The van der Waals surface area contributed by atoms with Gasteiger partial charge < -0.3 is 0 Å². The van der Waals surface area contributed by atoms with Crippen molar-refractivity contribution >= 4 is 0 Å². The maximum absolute atomic E-state index is 2.36. The van der Waals surface area contributed by atoms with Crippen molar-refractivity contribution in [3.8, 4) is 0 Å². The van der Waals surface area contributed by atoms with E-state index in [0.717, 1.165) is 5.92 Å². The topological polar surface area (TPSA) is 0 Å². The summed E-state index contributed by atoms with van der Waals surface area (Å²) in [6.07, 6.45) is 14.3. The summed E-state index contributed by atoms with van der Waals surface area (Å²) in [4.78, 5) is 0. The second kappa shape index (κ2) is 6.87. The highest BCUT2D eigenvalue weighted by Gasteiger charge is 2.05. The molecule has 2 rings (SSSR count). The molecule has 15 heavy (non-hydrogen) atoms. The fraction of sp³-hybridized carbons (Fsp3) is 0.733. The predicted octanol–water partition coefficient (Wildman–Crippen LogP) is 5.26. The molecule has 0 spiro atoms. The third kappa shape index (κ3) is 5.81. The highest BCUT2D eigenvalue weighted by atomic mass is 14.1. The third-order valence-electron chi connectivity index (χ3n) is 3.34. The van der Waals surface area contributed by atoms with Crippen molar-refractivity contribution in [1.29, 1.82) is 0 Å². The van der Waals surface area contributed by atoms with E-state index in [1.165, 1.54) is 44.9 Å². The Morgan fingerprint density at radius 3 is 2.07 bits per heavy atom. The molecule has 0 radical (unpaired) electrons. The molecule has 0 aliphatic heterocycles. The van der Waals surface area contributed by atoms with E-state index >= 15 is 0 Å². The van der Waals surface area contributed by atoms with E-state index in [9.17, 15) is 0 Å². The van der Waals surface area contributed by atoms with Crippen molar-refractivity contribution in [1.82, 2.24) is 0 Å². The van der Waals surface area contributed by atoms with Gasteiger partial charge in [0.15, 0.2) is 0 Å². The molecule has 0 aromatic heterocycles. The van der Waals surface area contributed by atoms with Crippen LogP contribution in [0.3, 0.4) is 0 Å². The molecule has 0 aromatic carbocycles.